The number of nitrogens with zero attached hydrogens (tertiary/aromatic N) is 8. The Labute approximate surface area is 955 Å². The molecular weight excluding hydrogens is 1810 g/mol. The summed E-state index contributed by atoms with van der Waals surface area (Å²) in [5, 5.41) is 0. The third kappa shape index (κ3) is 118. The van der Waals surface area contributed by atoms with Crippen LogP contribution in [0.5, 0.6) is 0 Å². The predicted octanol–water partition coefficient (Wildman–Crippen LogP) is 45.1. The summed E-state index contributed by atoms with van der Waals surface area (Å²) in [4.78, 5) is 0. The quantitative estimate of drug-likeness (QED) is 0.0421. The van der Waals surface area contributed by atoms with Gasteiger partial charge in [-0.05, 0) is 272 Å². The monoisotopic (exact) mass is 2120 g/mol. The number of quaternary nitrogens is 8. The van der Waals surface area contributed by atoms with Gasteiger partial charge in [-0.3, -0.25) is 0 Å². The molecule has 0 spiro atoms. The number of rotatable bonds is 109. The summed E-state index contributed by atoms with van der Waals surface area (Å²) in [7, 11) is 11.1. The summed E-state index contributed by atoms with van der Waals surface area (Å²) in [5.41, 5.74) is 0. The van der Waals surface area contributed by atoms with Crippen molar-refractivity contribution >= 4 is 0 Å². The normalized spacial score (nSPS) is 12.0. The van der Waals surface area contributed by atoms with E-state index in [4.69, 9.17) is 0 Å². The lowest BCUT2D eigenvalue weighted by Gasteiger charge is -2.40. The van der Waals surface area contributed by atoms with E-state index in [1.807, 2.05) is 0 Å². The molecule has 0 unspecified atom stereocenters. The second-order valence-electron chi connectivity index (χ2n) is 51.1. The fourth-order valence-corrected chi connectivity index (χ4v) is 23.9. The highest BCUT2D eigenvalue weighted by molar-refractivity contribution is 4.62. The molecule has 0 heterocycles. The Hall–Kier alpha value is -0.320. The van der Waals surface area contributed by atoms with E-state index in [9.17, 15) is 0 Å². The van der Waals surface area contributed by atoms with Gasteiger partial charge in [-0.2, -0.15) is 0 Å². The largest absolute Gasteiger partial charge is 0.333 e. The minimum absolute atomic E-state index is 1.00. The summed E-state index contributed by atoms with van der Waals surface area (Å²) < 4.78 is 10.8. The average molecular weight is 2120 g/mol. The van der Waals surface area contributed by atoms with Crippen LogP contribution in [0, 0.1) is 0 Å². The summed E-state index contributed by atoms with van der Waals surface area (Å²) >= 11 is 0. The van der Waals surface area contributed by atoms with Crippen LogP contribution in [-0.2, 0) is 0 Å². The van der Waals surface area contributed by atoms with Crippen molar-refractivity contribution in [2.24, 2.45) is 0 Å². The predicted molar refractivity (Wildman–Crippen MR) is 695 cm³/mol. The lowest BCUT2D eigenvalue weighted by atomic mass is 10.0. The van der Waals surface area contributed by atoms with E-state index in [1.165, 1.54) is 735 Å². The highest BCUT2D eigenvalue weighted by Crippen LogP contribution is 2.27. The van der Waals surface area contributed by atoms with E-state index < -0.39 is 0 Å². The Morgan fingerprint density at radius 1 is 0.0805 bits per heavy atom. The first-order valence-corrected chi connectivity index (χ1v) is 70.9. The van der Waals surface area contributed by atoms with E-state index in [2.05, 4.69) is 222 Å². The maximum Gasteiger partial charge on any atom is 0.0786 e. The van der Waals surface area contributed by atoms with Crippen molar-refractivity contribution < 1.29 is 35.9 Å². The molecule has 0 aliphatic carbocycles. The number of unbranched alkanes of at least 4 members (excludes halogenated alkanes) is 59. The lowest BCUT2D eigenvalue weighted by molar-refractivity contribution is -0.929. The maximum atomic E-state index is 2.56. The van der Waals surface area contributed by atoms with Crippen LogP contribution in [-0.4, -0.2) is 248 Å². The van der Waals surface area contributed by atoms with Crippen molar-refractivity contribution in [3.63, 3.8) is 0 Å². The molecule has 910 valence electrons. The first kappa shape index (κ1) is 164. The van der Waals surface area contributed by atoms with Gasteiger partial charge in [-0.25, -0.2) is 0 Å². The molecule has 0 atom stereocenters. The van der Waals surface area contributed by atoms with Crippen molar-refractivity contribution in [2.75, 3.05) is 212 Å². The first-order chi connectivity index (χ1) is 72.1. The zero-order chi connectivity index (χ0) is 113. The van der Waals surface area contributed by atoms with Gasteiger partial charge >= 0.3 is 0 Å². The van der Waals surface area contributed by atoms with Gasteiger partial charge in [0.15, 0.2) is 0 Å². The van der Waals surface area contributed by atoms with Crippen LogP contribution in [0.15, 0.2) is 0 Å². The van der Waals surface area contributed by atoms with Gasteiger partial charge in [0.2, 0.25) is 0 Å². The van der Waals surface area contributed by atoms with Crippen molar-refractivity contribution in [3.8, 4) is 0 Å². The third-order valence-corrected chi connectivity index (χ3v) is 34.4. The van der Waals surface area contributed by atoms with Crippen molar-refractivity contribution in [1.29, 1.82) is 0 Å². The zero-order valence-corrected chi connectivity index (χ0v) is 113. The average Bonchev–Trinajstić information content (AvgIpc) is 0.885. The molecule has 0 aromatic rings. The summed E-state index contributed by atoms with van der Waals surface area (Å²) in [5.74, 6) is 0. The molecule has 0 radical (unpaired) electrons. The Balaban J connectivity index is -0.000000264. The van der Waals surface area contributed by atoms with Crippen LogP contribution in [0.3, 0.4) is 0 Å². The SMILES string of the molecule is CCCCCCCC[N+](C)(CCCCCCCC)CCCCCCCC.CCCCCCCC[N+](CCCCCCCC)(CCCCCCCC)CCCCCCCC.CCCCCC[N+](CCCCCC)(CCCCCC)CCCCCC.CCCCC[N+](CCCCC)(CCCCC)CCCCC.CCCC[N+](CCCC)(CCCC)CCCC.CCC[N+](CCC)(CCC)CCC.CC[N+](CC)(CC)CC.C[N+](C)(C)C. The topological polar surface area (TPSA) is 0 Å². The van der Waals surface area contributed by atoms with Gasteiger partial charge in [-0.1, -0.05) is 442 Å². The number of hydrogen-bond acceptors (Lipinski definition) is 0. The molecule has 8 heteroatoms. The van der Waals surface area contributed by atoms with Crippen LogP contribution >= 0.6 is 0 Å². The molecular formula is C141H314N8+8. The summed E-state index contributed by atoms with van der Waals surface area (Å²) in [6.07, 6.45) is 117. The van der Waals surface area contributed by atoms with Gasteiger partial charge < -0.3 is 35.9 Å². The molecule has 0 aliphatic heterocycles. The van der Waals surface area contributed by atoms with E-state index in [0.29, 0.717) is 0 Å². The molecule has 0 aromatic heterocycles. The summed E-state index contributed by atoms with van der Waals surface area (Å²) in [6.45, 7) is 101. The van der Waals surface area contributed by atoms with Crippen LogP contribution in [0.1, 0.15) is 713 Å². The van der Waals surface area contributed by atoms with Crippen molar-refractivity contribution in [1.82, 2.24) is 0 Å². The lowest BCUT2D eigenvalue weighted by Crippen LogP contribution is -2.50. The molecule has 0 aromatic carbocycles. The second kappa shape index (κ2) is 129. The molecule has 0 saturated heterocycles. The maximum absolute atomic E-state index is 2.56. The minimum Gasteiger partial charge on any atom is -0.333 e. The van der Waals surface area contributed by atoms with Gasteiger partial charge in [0, 0.05) is 0 Å². The fourth-order valence-electron chi connectivity index (χ4n) is 23.9. The smallest absolute Gasteiger partial charge is 0.0786 e. The first-order valence-electron chi connectivity index (χ1n) is 70.9. The molecule has 0 amide bonds. The molecule has 0 N–H and O–H groups in total. The van der Waals surface area contributed by atoms with E-state index in [1.54, 1.807) is 0 Å². The van der Waals surface area contributed by atoms with Crippen molar-refractivity contribution in [2.45, 2.75) is 713 Å². The van der Waals surface area contributed by atoms with Gasteiger partial charge in [-0.15, -0.1) is 0 Å². The minimum atomic E-state index is 1.00. The molecule has 0 saturated carbocycles. The molecule has 0 fully saturated rings. The molecule has 0 bridgehead atoms. The van der Waals surface area contributed by atoms with E-state index in [-0.39, 0.29) is 0 Å². The van der Waals surface area contributed by atoms with Crippen LogP contribution in [0.2, 0.25) is 0 Å². The molecule has 0 aliphatic rings. The highest BCUT2D eigenvalue weighted by atomic mass is 15.4. The van der Waals surface area contributed by atoms with Gasteiger partial charge in [0.05, 0.1) is 212 Å². The van der Waals surface area contributed by atoms with E-state index in [0.717, 1.165) is 4.48 Å². The molecule has 149 heavy (non-hydrogen) atoms. The Kier molecular flexibility index (Phi) is 142. The summed E-state index contributed by atoms with van der Waals surface area (Å²) in [6, 6.07) is 0. The zero-order valence-electron chi connectivity index (χ0n) is 113. The van der Waals surface area contributed by atoms with Crippen molar-refractivity contribution in [3.05, 3.63) is 0 Å². The van der Waals surface area contributed by atoms with Gasteiger partial charge in [0.25, 0.3) is 0 Å². The highest BCUT2D eigenvalue weighted by Gasteiger charge is 2.31. The Morgan fingerprint density at radius 2 is 0.168 bits per heavy atom. The van der Waals surface area contributed by atoms with Crippen LogP contribution in [0.4, 0.5) is 0 Å². The Morgan fingerprint density at radius 3 is 0.282 bits per heavy atom. The number of hydrogen-bond donors (Lipinski definition) is 0. The molecule has 0 rings (SSSR count). The third-order valence-electron chi connectivity index (χ3n) is 34.4. The fraction of sp³-hybridized carbons (Fsp3) is 1.00. The second-order valence-corrected chi connectivity index (χ2v) is 51.1. The Bertz CT molecular complexity index is 2010. The standard InChI is InChI=1S/C32H68N.C25H54N.C24H52N.C20H44N.C16H36N.C12H28N.C8H20N.C4H12N/c1-5-9-13-17-21-25-29-33(30-26-22-18-14-10-6-2,31-27-23-19-15-11-7-3)32-28-24-20-16-12-8-4;1-5-8-11-14-17-20-23-26(4,24-21-18-15-12-9-6-2)25-22-19-16-13-10-7-3;1-5-9-13-17-21-25(22-18-14-10-6-2,23-19-15-11-7-3)24-20-16-12-8-4;1-5-9-13-17-21(18-14-10-6-2,19-15-11-7-3)20-16-12-8-4;1-5-9-13-17(14-10-6-2,15-11-7-3)16-12-8-4;1-5-9-13(10-6-2,11-7-3)12-8-4;1-5-9(6-2,7-3)8-4;1-5(2,3)4/h5-32H2,1-4H3;5-25H2,1-4H3;5-24H2,1-4H3;5-20H2,1-4H3;5-16H2,1-4H3;5-12H2,1-4H3;5-8H2,1-4H3;1-4H3/q8*+1. The van der Waals surface area contributed by atoms with Crippen LogP contribution < -0.4 is 0 Å². The molecule has 8 nitrogen and oxygen atoms in total. The van der Waals surface area contributed by atoms with Crippen LogP contribution in [0.25, 0.3) is 0 Å². The van der Waals surface area contributed by atoms with Gasteiger partial charge in [0.1, 0.15) is 0 Å². The van der Waals surface area contributed by atoms with E-state index >= 15 is 0 Å².